The molecular weight excluding hydrogens is 229 g/mol. The smallest absolute Gasteiger partial charge is 0.147 e. The molecule has 1 aromatic heterocycles. The van der Waals surface area contributed by atoms with E-state index in [-0.39, 0.29) is 11.9 Å². The Morgan fingerprint density at radius 3 is 2.61 bits per heavy atom. The summed E-state index contributed by atoms with van der Waals surface area (Å²) in [5, 5.41) is 3.14. The minimum Gasteiger partial charge on any atom is -0.313 e. The van der Waals surface area contributed by atoms with Gasteiger partial charge in [0.2, 0.25) is 0 Å². The zero-order valence-electron chi connectivity index (χ0n) is 11.2. The molecule has 3 nitrogen and oxygen atoms in total. The summed E-state index contributed by atoms with van der Waals surface area (Å²) in [4.78, 5) is 4.24. The van der Waals surface area contributed by atoms with Gasteiger partial charge in [0.1, 0.15) is 5.82 Å². The summed E-state index contributed by atoms with van der Waals surface area (Å²) in [6.45, 7) is 5.88. The molecule has 1 heterocycles. The third kappa shape index (κ3) is 2.04. The second kappa shape index (κ2) is 4.90. The predicted molar refractivity (Wildman–Crippen MR) is 70.5 cm³/mol. The van der Waals surface area contributed by atoms with Gasteiger partial charge in [-0.2, -0.15) is 0 Å². The topological polar surface area (TPSA) is 29.9 Å². The SMILES string of the molecule is CNC(C)c1cccc(F)c1-n1cnc(C)c1C. The van der Waals surface area contributed by atoms with E-state index in [1.807, 2.05) is 38.5 Å². The number of aromatic nitrogens is 2. The Morgan fingerprint density at radius 1 is 1.33 bits per heavy atom. The van der Waals surface area contributed by atoms with Gasteiger partial charge in [0.25, 0.3) is 0 Å². The van der Waals surface area contributed by atoms with Gasteiger partial charge in [-0.15, -0.1) is 0 Å². The monoisotopic (exact) mass is 247 g/mol. The van der Waals surface area contributed by atoms with Gasteiger partial charge in [-0.1, -0.05) is 12.1 Å². The van der Waals surface area contributed by atoms with E-state index < -0.39 is 0 Å². The number of nitrogens with one attached hydrogen (secondary N) is 1. The number of hydrogen-bond acceptors (Lipinski definition) is 2. The maximum Gasteiger partial charge on any atom is 0.147 e. The summed E-state index contributed by atoms with van der Waals surface area (Å²) < 4.78 is 16.0. The van der Waals surface area contributed by atoms with E-state index in [2.05, 4.69) is 10.3 Å². The van der Waals surface area contributed by atoms with Crippen molar-refractivity contribution in [3.05, 3.63) is 47.3 Å². The Labute approximate surface area is 107 Å². The fourth-order valence-electron chi connectivity index (χ4n) is 2.02. The van der Waals surface area contributed by atoms with Crippen molar-refractivity contribution in [3.63, 3.8) is 0 Å². The van der Waals surface area contributed by atoms with Gasteiger partial charge >= 0.3 is 0 Å². The Hall–Kier alpha value is -1.68. The second-order valence-electron chi connectivity index (χ2n) is 4.47. The number of imidazole rings is 1. The number of aryl methyl sites for hydroxylation is 1. The lowest BCUT2D eigenvalue weighted by atomic mass is 10.1. The summed E-state index contributed by atoms with van der Waals surface area (Å²) in [6.07, 6.45) is 1.68. The Kier molecular flexibility index (Phi) is 3.48. The van der Waals surface area contributed by atoms with Crippen LogP contribution in [0.5, 0.6) is 0 Å². The molecule has 1 unspecified atom stereocenters. The molecule has 0 saturated heterocycles. The average molecular weight is 247 g/mol. The van der Waals surface area contributed by atoms with Gasteiger partial charge in [-0.05, 0) is 39.4 Å². The number of benzene rings is 1. The first kappa shape index (κ1) is 12.8. The molecule has 0 saturated carbocycles. The summed E-state index contributed by atoms with van der Waals surface area (Å²) in [6, 6.07) is 5.24. The van der Waals surface area contributed by atoms with E-state index >= 15 is 0 Å². The standard InChI is InChI=1S/C14H18FN3/c1-9-11(3)18(8-17-9)14-12(10(2)16-4)6-5-7-13(14)15/h5-8,10,16H,1-4H3. The first-order valence-corrected chi connectivity index (χ1v) is 6.02. The highest BCUT2D eigenvalue weighted by Gasteiger charge is 2.16. The molecule has 0 aliphatic rings. The molecule has 1 aromatic carbocycles. The molecule has 4 heteroatoms. The summed E-state index contributed by atoms with van der Waals surface area (Å²) in [5.41, 5.74) is 3.39. The van der Waals surface area contributed by atoms with Crippen molar-refractivity contribution in [1.82, 2.24) is 14.9 Å². The van der Waals surface area contributed by atoms with Crippen molar-refractivity contribution in [3.8, 4) is 5.69 Å². The largest absolute Gasteiger partial charge is 0.313 e. The van der Waals surface area contributed by atoms with E-state index in [9.17, 15) is 4.39 Å². The van der Waals surface area contributed by atoms with Crippen LogP contribution in [0.3, 0.4) is 0 Å². The molecule has 0 radical (unpaired) electrons. The molecule has 2 rings (SSSR count). The zero-order chi connectivity index (χ0) is 13.3. The van der Waals surface area contributed by atoms with Crippen molar-refractivity contribution >= 4 is 0 Å². The van der Waals surface area contributed by atoms with Gasteiger partial charge in [0.05, 0.1) is 17.7 Å². The van der Waals surface area contributed by atoms with Gasteiger partial charge in [-0.25, -0.2) is 9.37 Å². The van der Waals surface area contributed by atoms with Crippen molar-refractivity contribution in [1.29, 1.82) is 0 Å². The highest BCUT2D eigenvalue weighted by molar-refractivity contribution is 5.46. The van der Waals surface area contributed by atoms with Crippen molar-refractivity contribution in [2.24, 2.45) is 0 Å². The Bertz CT molecular complexity index is 560. The van der Waals surface area contributed by atoms with Crippen LogP contribution in [0.2, 0.25) is 0 Å². The minimum atomic E-state index is -0.227. The normalized spacial score (nSPS) is 12.7. The minimum absolute atomic E-state index is 0.0813. The first-order valence-electron chi connectivity index (χ1n) is 6.02. The van der Waals surface area contributed by atoms with Crippen LogP contribution in [0.25, 0.3) is 5.69 Å². The molecule has 1 atom stereocenters. The summed E-state index contributed by atoms with van der Waals surface area (Å²) in [7, 11) is 1.87. The first-order chi connectivity index (χ1) is 8.56. The van der Waals surface area contributed by atoms with E-state index in [0.29, 0.717) is 5.69 Å². The molecule has 1 N–H and O–H groups in total. The van der Waals surface area contributed by atoms with E-state index in [1.54, 1.807) is 12.4 Å². The molecule has 0 aliphatic heterocycles. The lowest BCUT2D eigenvalue weighted by Crippen LogP contribution is -2.16. The van der Waals surface area contributed by atoms with Crippen LogP contribution in [0.1, 0.15) is 29.9 Å². The van der Waals surface area contributed by atoms with Gasteiger partial charge in [0.15, 0.2) is 0 Å². The van der Waals surface area contributed by atoms with Gasteiger partial charge < -0.3 is 9.88 Å². The summed E-state index contributed by atoms with van der Waals surface area (Å²) in [5.74, 6) is -0.227. The number of halogens is 1. The average Bonchev–Trinajstić information content (AvgIpc) is 2.69. The second-order valence-corrected chi connectivity index (χ2v) is 4.47. The van der Waals surface area contributed by atoms with Crippen molar-refractivity contribution in [2.45, 2.75) is 26.8 Å². The van der Waals surface area contributed by atoms with Crippen LogP contribution in [-0.2, 0) is 0 Å². The lowest BCUT2D eigenvalue weighted by Gasteiger charge is -2.18. The van der Waals surface area contributed by atoms with E-state index in [0.717, 1.165) is 17.0 Å². The predicted octanol–water partition coefficient (Wildman–Crippen LogP) is 2.91. The van der Waals surface area contributed by atoms with Crippen molar-refractivity contribution < 1.29 is 4.39 Å². The van der Waals surface area contributed by atoms with Gasteiger partial charge in [0, 0.05) is 11.7 Å². The van der Waals surface area contributed by atoms with E-state index in [4.69, 9.17) is 0 Å². The van der Waals surface area contributed by atoms with Crippen LogP contribution in [0, 0.1) is 19.7 Å². The van der Waals surface area contributed by atoms with Crippen LogP contribution in [0.15, 0.2) is 24.5 Å². The molecule has 0 spiro atoms. The highest BCUT2D eigenvalue weighted by atomic mass is 19.1. The number of para-hydroxylation sites is 1. The van der Waals surface area contributed by atoms with Gasteiger partial charge in [-0.3, -0.25) is 0 Å². The highest BCUT2D eigenvalue weighted by Crippen LogP contribution is 2.26. The molecule has 2 aromatic rings. The maximum atomic E-state index is 14.1. The number of rotatable bonds is 3. The molecule has 0 amide bonds. The molecular formula is C14H18FN3. The third-order valence-corrected chi connectivity index (χ3v) is 3.41. The maximum absolute atomic E-state index is 14.1. The van der Waals surface area contributed by atoms with E-state index in [1.165, 1.54) is 6.07 Å². The zero-order valence-corrected chi connectivity index (χ0v) is 11.2. The Morgan fingerprint density at radius 2 is 2.06 bits per heavy atom. The molecule has 0 aliphatic carbocycles. The van der Waals surface area contributed by atoms with Crippen LogP contribution in [0.4, 0.5) is 4.39 Å². The van der Waals surface area contributed by atoms with Crippen LogP contribution < -0.4 is 5.32 Å². The number of nitrogens with zero attached hydrogens (tertiary/aromatic N) is 2. The van der Waals surface area contributed by atoms with Crippen LogP contribution >= 0.6 is 0 Å². The summed E-state index contributed by atoms with van der Waals surface area (Å²) >= 11 is 0. The fraction of sp³-hybridized carbons (Fsp3) is 0.357. The molecule has 96 valence electrons. The molecule has 0 fully saturated rings. The third-order valence-electron chi connectivity index (χ3n) is 3.41. The molecule has 0 bridgehead atoms. The number of hydrogen-bond donors (Lipinski definition) is 1. The fourth-order valence-corrected chi connectivity index (χ4v) is 2.02. The molecule has 18 heavy (non-hydrogen) atoms. The van der Waals surface area contributed by atoms with Crippen molar-refractivity contribution in [2.75, 3.05) is 7.05 Å². The quantitative estimate of drug-likeness (QED) is 0.903. The van der Waals surface area contributed by atoms with Crippen LogP contribution in [-0.4, -0.2) is 16.6 Å². The lowest BCUT2D eigenvalue weighted by molar-refractivity contribution is 0.595. The Balaban J connectivity index is 2.66.